The van der Waals surface area contributed by atoms with Crippen LogP contribution >= 0.6 is 0 Å². The summed E-state index contributed by atoms with van der Waals surface area (Å²) in [6.07, 6.45) is 1.87. The minimum atomic E-state index is 0.0902. The Morgan fingerprint density at radius 2 is 2.04 bits per heavy atom. The second-order valence-corrected chi connectivity index (χ2v) is 5.67. The van der Waals surface area contributed by atoms with Crippen LogP contribution in [-0.2, 0) is 11.2 Å². The summed E-state index contributed by atoms with van der Waals surface area (Å²) in [6.45, 7) is 5.02. The van der Waals surface area contributed by atoms with E-state index < -0.39 is 0 Å². The first-order valence-electron chi connectivity index (χ1n) is 8.13. The normalized spacial score (nSPS) is 15.7. The van der Waals surface area contributed by atoms with E-state index in [4.69, 9.17) is 9.47 Å². The van der Waals surface area contributed by atoms with E-state index >= 15 is 0 Å². The molecule has 0 spiro atoms. The predicted molar refractivity (Wildman–Crippen MR) is 90.2 cm³/mol. The van der Waals surface area contributed by atoms with Gasteiger partial charge in [0.05, 0.1) is 20.8 Å². The van der Waals surface area contributed by atoms with Crippen molar-refractivity contribution in [2.75, 3.05) is 53.5 Å². The van der Waals surface area contributed by atoms with E-state index in [0.717, 1.165) is 50.3 Å². The standard InChI is InChI=1S/C17H27N3O3/c1-22-15-5-4-14(12-16(15)23-2)6-8-19-17(21)13-20-10-3-7-18-9-11-20/h4-5,12,18H,3,6-11,13H2,1-2H3,(H,19,21). The van der Waals surface area contributed by atoms with E-state index in [1.54, 1.807) is 14.2 Å². The van der Waals surface area contributed by atoms with E-state index in [2.05, 4.69) is 15.5 Å². The highest BCUT2D eigenvalue weighted by atomic mass is 16.5. The van der Waals surface area contributed by atoms with Crippen molar-refractivity contribution in [1.29, 1.82) is 0 Å². The Labute approximate surface area is 138 Å². The molecule has 2 rings (SSSR count). The van der Waals surface area contributed by atoms with Crippen molar-refractivity contribution in [3.05, 3.63) is 23.8 Å². The molecule has 0 saturated carbocycles. The molecular formula is C17H27N3O3. The molecule has 0 aliphatic carbocycles. The number of rotatable bonds is 7. The number of nitrogens with zero attached hydrogens (tertiary/aromatic N) is 1. The second kappa shape index (κ2) is 9.37. The molecule has 2 N–H and O–H groups in total. The fourth-order valence-electron chi connectivity index (χ4n) is 2.70. The first-order valence-corrected chi connectivity index (χ1v) is 8.13. The van der Waals surface area contributed by atoms with E-state index in [9.17, 15) is 4.79 Å². The quantitative estimate of drug-likeness (QED) is 0.772. The number of benzene rings is 1. The lowest BCUT2D eigenvalue weighted by atomic mass is 10.1. The molecule has 1 aliphatic heterocycles. The summed E-state index contributed by atoms with van der Waals surface area (Å²) in [5.41, 5.74) is 1.11. The Balaban J connectivity index is 1.74. The topological polar surface area (TPSA) is 62.8 Å². The number of ether oxygens (including phenoxy) is 2. The van der Waals surface area contributed by atoms with Crippen molar-refractivity contribution in [3.63, 3.8) is 0 Å². The van der Waals surface area contributed by atoms with Crippen LogP contribution in [-0.4, -0.2) is 64.3 Å². The maximum atomic E-state index is 12.0. The summed E-state index contributed by atoms with van der Waals surface area (Å²) in [5, 5.41) is 6.33. The van der Waals surface area contributed by atoms with Crippen LogP contribution in [0.5, 0.6) is 11.5 Å². The van der Waals surface area contributed by atoms with Crippen LogP contribution in [0, 0.1) is 0 Å². The molecule has 1 saturated heterocycles. The molecule has 1 aromatic carbocycles. The van der Waals surface area contributed by atoms with Gasteiger partial charge in [0.1, 0.15) is 0 Å². The zero-order valence-electron chi connectivity index (χ0n) is 14.1. The number of hydrogen-bond donors (Lipinski definition) is 2. The van der Waals surface area contributed by atoms with Gasteiger partial charge in [-0.2, -0.15) is 0 Å². The fourth-order valence-corrected chi connectivity index (χ4v) is 2.70. The number of hydrogen-bond acceptors (Lipinski definition) is 5. The Bertz CT molecular complexity index is 500. The summed E-state index contributed by atoms with van der Waals surface area (Å²) < 4.78 is 10.5. The Kier molecular flexibility index (Phi) is 7.16. The Hall–Kier alpha value is -1.79. The summed E-state index contributed by atoms with van der Waals surface area (Å²) >= 11 is 0. The van der Waals surface area contributed by atoms with Crippen molar-refractivity contribution in [3.8, 4) is 11.5 Å². The number of carbonyl (C=O) groups excluding carboxylic acids is 1. The Morgan fingerprint density at radius 3 is 2.83 bits per heavy atom. The van der Waals surface area contributed by atoms with E-state index in [0.29, 0.717) is 18.8 Å². The number of amides is 1. The summed E-state index contributed by atoms with van der Waals surface area (Å²) in [5.74, 6) is 1.52. The molecule has 1 aliphatic rings. The lowest BCUT2D eigenvalue weighted by Crippen LogP contribution is -2.39. The number of methoxy groups -OCH3 is 2. The second-order valence-electron chi connectivity index (χ2n) is 5.67. The van der Waals surface area contributed by atoms with Gasteiger partial charge in [-0.05, 0) is 43.6 Å². The maximum absolute atomic E-state index is 12.0. The van der Waals surface area contributed by atoms with E-state index in [-0.39, 0.29) is 5.91 Å². The van der Waals surface area contributed by atoms with Crippen LogP contribution < -0.4 is 20.1 Å². The lowest BCUT2D eigenvalue weighted by molar-refractivity contribution is -0.122. The molecule has 0 aromatic heterocycles. The summed E-state index contributed by atoms with van der Waals surface area (Å²) in [6, 6.07) is 5.83. The highest BCUT2D eigenvalue weighted by Gasteiger charge is 2.12. The largest absolute Gasteiger partial charge is 0.493 e. The van der Waals surface area contributed by atoms with Crippen LogP contribution in [0.3, 0.4) is 0 Å². The maximum Gasteiger partial charge on any atom is 0.234 e. The van der Waals surface area contributed by atoms with Crippen molar-refractivity contribution < 1.29 is 14.3 Å². The van der Waals surface area contributed by atoms with Gasteiger partial charge < -0.3 is 20.1 Å². The zero-order chi connectivity index (χ0) is 16.5. The molecule has 1 aromatic rings. The SMILES string of the molecule is COc1ccc(CCNC(=O)CN2CCCNCC2)cc1OC. The van der Waals surface area contributed by atoms with Gasteiger partial charge in [0.2, 0.25) is 5.91 Å². The fraction of sp³-hybridized carbons (Fsp3) is 0.588. The van der Waals surface area contributed by atoms with E-state index in [1.165, 1.54) is 0 Å². The molecule has 1 fully saturated rings. The predicted octanol–water partition coefficient (Wildman–Crippen LogP) is 0.658. The summed E-state index contributed by atoms with van der Waals surface area (Å²) in [4.78, 5) is 14.2. The molecule has 0 radical (unpaired) electrons. The van der Waals surface area contributed by atoms with Gasteiger partial charge in [0.25, 0.3) is 0 Å². The van der Waals surface area contributed by atoms with Crippen LogP contribution in [0.25, 0.3) is 0 Å². The molecule has 128 valence electrons. The number of nitrogens with one attached hydrogen (secondary N) is 2. The third-order valence-electron chi connectivity index (χ3n) is 3.98. The molecular weight excluding hydrogens is 294 g/mol. The molecule has 6 heteroatoms. The average Bonchev–Trinajstić information content (AvgIpc) is 2.83. The monoisotopic (exact) mass is 321 g/mol. The van der Waals surface area contributed by atoms with Crippen LogP contribution in [0.1, 0.15) is 12.0 Å². The highest BCUT2D eigenvalue weighted by molar-refractivity contribution is 5.78. The lowest BCUT2D eigenvalue weighted by Gasteiger charge is -2.18. The van der Waals surface area contributed by atoms with Crippen molar-refractivity contribution in [1.82, 2.24) is 15.5 Å². The van der Waals surface area contributed by atoms with Gasteiger partial charge >= 0.3 is 0 Å². The van der Waals surface area contributed by atoms with Gasteiger partial charge in [-0.3, -0.25) is 9.69 Å². The molecule has 0 atom stereocenters. The minimum absolute atomic E-state index is 0.0902. The van der Waals surface area contributed by atoms with Crippen LogP contribution in [0.2, 0.25) is 0 Å². The Morgan fingerprint density at radius 1 is 1.22 bits per heavy atom. The molecule has 6 nitrogen and oxygen atoms in total. The number of carbonyl (C=O) groups is 1. The minimum Gasteiger partial charge on any atom is -0.493 e. The first kappa shape index (κ1) is 17.6. The zero-order valence-corrected chi connectivity index (χ0v) is 14.1. The van der Waals surface area contributed by atoms with Gasteiger partial charge in [0.15, 0.2) is 11.5 Å². The average molecular weight is 321 g/mol. The third kappa shape index (κ3) is 5.73. The van der Waals surface area contributed by atoms with Crippen molar-refractivity contribution in [2.24, 2.45) is 0 Å². The smallest absolute Gasteiger partial charge is 0.234 e. The van der Waals surface area contributed by atoms with Crippen LogP contribution in [0.15, 0.2) is 18.2 Å². The van der Waals surface area contributed by atoms with Crippen molar-refractivity contribution >= 4 is 5.91 Å². The van der Waals surface area contributed by atoms with Gasteiger partial charge in [-0.25, -0.2) is 0 Å². The van der Waals surface area contributed by atoms with E-state index in [1.807, 2.05) is 18.2 Å². The molecule has 0 bridgehead atoms. The molecule has 1 amide bonds. The molecule has 1 heterocycles. The third-order valence-corrected chi connectivity index (χ3v) is 3.98. The van der Waals surface area contributed by atoms with Gasteiger partial charge in [0, 0.05) is 19.6 Å². The van der Waals surface area contributed by atoms with Crippen molar-refractivity contribution in [2.45, 2.75) is 12.8 Å². The molecule has 0 unspecified atom stereocenters. The van der Waals surface area contributed by atoms with Gasteiger partial charge in [-0.1, -0.05) is 6.07 Å². The summed E-state index contributed by atoms with van der Waals surface area (Å²) in [7, 11) is 3.25. The van der Waals surface area contributed by atoms with Crippen LogP contribution in [0.4, 0.5) is 0 Å². The molecule has 23 heavy (non-hydrogen) atoms. The first-order chi connectivity index (χ1) is 11.2. The van der Waals surface area contributed by atoms with Gasteiger partial charge in [-0.15, -0.1) is 0 Å². The highest BCUT2D eigenvalue weighted by Crippen LogP contribution is 2.27.